The number of hydrogen-bond acceptors (Lipinski definition) is 2. The maximum atomic E-state index is 13.7. The minimum Gasteiger partial charge on any atom is -0.297 e. The van der Waals surface area contributed by atoms with Gasteiger partial charge in [-0.3, -0.25) is 9.69 Å². The highest BCUT2D eigenvalue weighted by molar-refractivity contribution is 6.30. The van der Waals surface area contributed by atoms with Gasteiger partial charge < -0.3 is 0 Å². The molecule has 0 bridgehead atoms. The van der Waals surface area contributed by atoms with Crippen LogP contribution in [0.2, 0.25) is 5.02 Å². The van der Waals surface area contributed by atoms with Crippen molar-refractivity contribution in [1.82, 2.24) is 4.90 Å². The molecule has 0 heterocycles. The van der Waals surface area contributed by atoms with E-state index in [1.807, 2.05) is 32.8 Å². The van der Waals surface area contributed by atoms with Crippen molar-refractivity contribution >= 4 is 17.4 Å². The molecule has 0 amide bonds. The molecule has 0 aliphatic rings. The summed E-state index contributed by atoms with van der Waals surface area (Å²) in [6.45, 7) is 3.96. The Labute approximate surface area is 119 Å². The van der Waals surface area contributed by atoms with Crippen LogP contribution in [0, 0.1) is 5.82 Å². The molecule has 0 radical (unpaired) electrons. The first-order chi connectivity index (χ1) is 8.87. The minimum atomic E-state index is -0.533. The standard InChI is InChI=1S/C15H21ClFNO/c1-5-15(6-2,18(3)4)14(19)10-11-9-12(16)7-8-13(11)17/h7-9H,5-6,10H2,1-4H3. The normalized spacial score (nSPS) is 11.9. The average molecular weight is 286 g/mol. The first kappa shape index (κ1) is 16.1. The number of halogens is 2. The Hall–Kier alpha value is -0.930. The van der Waals surface area contributed by atoms with Gasteiger partial charge in [0.05, 0.1) is 5.54 Å². The second-order valence-corrected chi connectivity index (χ2v) is 5.41. The van der Waals surface area contributed by atoms with E-state index in [1.54, 1.807) is 0 Å². The predicted molar refractivity (Wildman–Crippen MR) is 77.1 cm³/mol. The van der Waals surface area contributed by atoms with Crippen LogP contribution >= 0.6 is 11.6 Å². The summed E-state index contributed by atoms with van der Waals surface area (Å²) in [5.41, 5.74) is -0.167. The maximum absolute atomic E-state index is 13.7. The molecule has 4 heteroatoms. The molecule has 0 fully saturated rings. The summed E-state index contributed by atoms with van der Waals surface area (Å²) in [5, 5.41) is 0.452. The summed E-state index contributed by atoms with van der Waals surface area (Å²) in [6.07, 6.45) is 1.49. The van der Waals surface area contributed by atoms with E-state index in [0.717, 1.165) is 0 Å². The van der Waals surface area contributed by atoms with Crippen molar-refractivity contribution in [1.29, 1.82) is 0 Å². The van der Waals surface area contributed by atoms with Gasteiger partial charge in [-0.25, -0.2) is 4.39 Å². The van der Waals surface area contributed by atoms with Crippen LogP contribution in [0.25, 0.3) is 0 Å². The highest BCUT2D eigenvalue weighted by Gasteiger charge is 2.36. The minimum absolute atomic E-state index is 0.0312. The third kappa shape index (κ3) is 3.34. The summed E-state index contributed by atoms with van der Waals surface area (Å²) in [5.74, 6) is -0.346. The van der Waals surface area contributed by atoms with Crippen LogP contribution in [0.15, 0.2) is 18.2 Å². The van der Waals surface area contributed by atoms with Gasteiger partial charge in [-0.2, -0.15) is 0 Å². The second-order valence-electron chi connectivity index (χ2n) is 4.97. The van der Waals surface area contributed by atoms with E-state index in [-0.39, 0.29) is 18.0 Å². The molecule has 19 heavy (non-hydrogen) atoms. The average Bonchev–Trinajstić information content (AvgIpc) is 2.35. The summed E-state index contributed by atoms with van der Waals surface area (Å²) >= 11 is 5.86. The van der Waals surface area contributed by atoms with Crippen molar-refractivity contribution in [2.24, 2.45) is 0 Å². The molecule has 1 aromatic rings. The van der Waals surface area contributed by atoms with Crippen molar-refractivity contribution in [2.45, 2.75) is 38.6 Å². The summed E-state index contributed by atoms with van der Waals surface area (Å²) in [6, 6.07) is 4.32. The van der Waals surface area contributed by atoms with Gasteiger partial charge in [0.25, 0.3) is 0 Å². The molecule has 0 saturated carbocycles. The lowest BCUT2D eigenvalue weighted by molar-refractivity contribution is -0.129. The molecule has 1 aromatic carbocycles. The van der Waals surface area contributed by atoms with Gasteiger partial charge in [0.2, 0.25) is 0 Å². The molecular weight excluding hydrogens is 265 g/mol. The van der Waals surface area contributed by atoms with E-state index < -0.39 is 5.54 Å². The zero-order chi connectivity index (χ0) is 14.6. The topological polar surface area (TPSA) is 20.3 Å². The van der Waals surface area contributed by atoms with Gasteiger partial charge in [0.15, 0.2) is 5.78 Å². The van der Waals surface area contributed by atoms with Crippen molar-refractivity contribution in [3.63, 3.8) is 0 Å². The van der Waals surface area contributed by atoms with Crippen LogP contribution in [-0.2, 0) is 11.2 Å². The molecule has 2 nitrogen and oxygen atoms in total. The summed E-state index contributed by atoms with van der Waals surface area (Å²) in [7, 11) is 3.78. The molecule has 0 saturated heterocycles. The molecule has 0 aliphatic carbocycles. The van der Waals surface area contributed by atoms with Crippen molar-refractivity contribution in [3.8, 4) is 0 Å². The number of nitrogens with zero attached hydrogens (tertiary/aromatic N) is 1. The highest BCUT2D eigenvalue weighted by Crippen LogP contribution is 2.26. The molecule has 0 N–H and O–H groups in total. The number of benzene rings is 1. The molecule has 0 atom stereocenters. The Balaban J connectivity index is 3.03. The smallest absolute Gasteiger partial charge is 0.157 e. The third-order valence-corrected chi connectivity index (χ3v) is 4.14. The monoisotopic (exact) mass is 285 g/mol. The fourth-order valence-electron chi connectivity index (χ4n) is 2.54. The SMILES string of the molecule is CCC(CC)(C(=O)Cc1cc(Cl)ccc1F)N(C)C. The van der Waals surface area contributed by atoms with E-state index in [1.165, 1.54) is 18.2 Å². The Kier molecular flexibility index (Phi) is 5.50. The number of ketones is 1. The van der Waals surface area contributed by atoms with Gasteiger partial charge >= 0.3 is 0 Å². The van der Waals surface area contributed by atoms with Gasteiger partial charge in [-0.1, -0.05) is 25.4 Å². The second kappa shape index (κ2) is 6.49. The fourth-order valence-corrected chi connectivity index (χ4v) is 2.74. The number of carbonyl (C=O) groups is 1. The number of likely N-dealkylation sites (N-methyl/N-ethyl adjacent to an activating group) is 1. The summed E-state index contributed by atoms with van der Waals surface area (Å²) in [4.78, 5) is 14.5. The molecule has 0 unspecified atom stereocenters. The van der Waals surface area contributed by atoms with Crippen molar-refractivity contribution < 1.29 is 9.18 Å². The number of Topliss-reactive ketones (excluding diaryl/α,β-unsaturated/α-hetero) is 1. The van der Waals surface area contributed by atoms with Crippen LogP contribution in [0.5, 0.6) is 0 Å². The number of rotatable bonds is 6. The Morgan fingerprint density at radius 1 is 1.32 bits per heavy atom. The van der Waals surface area contributed by atoms with Crippen LogP contribution in [-0.4, -0.2) is 30.3 Å². The van der Waals surface area contributed by atoms with Gasteiger partial charge in [0, 0.05) is 11.4 Å². The lowest BCUT2D eigenvalue weighted by Crippen LogP contribution is -2.51. The zero-order valence-electron chi connectivity index (χ0n) is 12.0. The molecule has 0 aliphatic heterocycles. The highest BCUT2D eigenvalue weighted by atomic mass is 35.5. The van der Waals surface area contributed by atoms with E-state index in [4.69, 9.17) is 11.6 Å². The molecule has 0 aromatic heterocycles. The van der Waals surface area contributed by atoms with Crippen LogP contribution in [0.1, 0.15) is 32.3 Å². The zero-order valence-corrected chi connectivity index (χ0v) is 12.7. The largest absolute Gasteiger partial charge is 0.297 e. The molecular formula is C15H21ClFNO. The van der Waals surface area contributed by atoms with E-state index in [2.05, 4.69) is 0 Å². The first-order valence-corrected chi connectivity index (χ1v) is 6.89. The number of carbonyl (C=O) groups excluding carboxylic acids is 1. The summed E-state index contributed by atoms with van der Waals surface area (Å²) < 4.78 is 13.7. The lowest BCUT2D eigenvalue weighted by Gasteiger charge is -2.37. The fraction of sp³-hybridized carbons (Fsp3) is 0.533. The van der Waals surface area contributed by atoms with Crippen molar-refractivity contribution in [3.05, 3.63) is 34.6 Å². The first-order valence-electron chi connectivity index (χ1n) is 6.52. The predicted octanol–water partition coefficient (Wildman–Crippen LogP) is 3.71. The van der Waals surface area contributed by atoms with E-state index in [9.17, 15) is 9.18 Å². The third-order valence-electron chi connectivity index (χ3n) is 3.90. The van der Waals surface area contributed by atoms with E-state index >= 15 is 0 Å². The molecule has 0 spiro atoms. The van der Waals surface area contributed by atoms with Gasteiger partial charge in [-0.15, -0.1) is 0 Å². The molecule has 1 rings (SSSR count). The van der Waals surface area contributed by atoms with Crippen molar-refractivity contribution in [2.75, 3.05) is 14.1 Å². The van der Waals surface area contributed by atoms with Crippen LogP contribution < -0.4 is 0 Å². The Morgan fingerprint density at radius 2 is 1.89 bits per heavy atom. The van der Waals surface area contributed by atoms with Crippen LogP contribution in [0.3, 0.4) is 0 Å². The Morgan fingerprint density at radius 3 is 2.37 bits per heavy atom. The molecule has 106 valence electrons. The lowest BCUT2D eigenvalue weighted by atomic mass is 9.83. The Bertz CT molecular complexity index is 455. The van der Waals surface area contributed by atoms with Gasteiger partial charge in [0.1, 0.15) is 5.82 Å². The van der Waals surface area contributed by atoms with Gasteiger partial charge in [-0.05, 0) is 50.7 Å². The maximum Gasteiger partial charge on any atom is 0.157 e. The number of hydrogen-bond donors (Lipinski definition) is 0. The quantitative estimate of drug-likeness (QED) is 0.794. The van der Waals surface area contributed by atoms with Crippen LogP contribution in [0.4, 0.5) is 4.39 Å². The van der Waals surface area contributed by atoms with E-state index in [0.29, 0.717) is 23.4 Å².